The summed E-state index contributed by atoms with van der Waals surface area (Å²) in [7, 11) is 0. The van der Waals surface area contributed by atoms with E-state index < -0.39 is 6.04 Å². The van der Waals surface area contributed by atoms with Crippen LogP contribution in [0.15, 0.2) is 66.7 Å². The first-order valence-electron chi connectivity index (χ1n) is 8.20. The minimum absolute atomic E-state index is 0.0718. The van der Waals surface area contributed by atoms with Crippen molar-refractivity contribution in [3.05, 3.63) is 66.7 Å². The number of carbonyl (C=O) groups is 2. The summed E-state index contributed by atoms with van der Waals surface area (Å²) in [5, 5.41) is 5.73. The molecule has 1 aliphatic heterocycles. The van der Waals surface area contributed by atoms with Gasteiger partial charge in [0.2, 0.25) is 11.8 Å². The van der Waals surface area contributed by atoms with Crippen LogP contribution in [0.1, 0.15) is 13.3 Å². The van der Waals surface area contributed by atoms with E-state index in [0.717, 1.165) is 22.6 Å². The van der Waals surface area contributed by atoms with Crippen LogP contribution < -0.4 is 15.5 Å². The van der Waals surface area contributed by atoms with Crippen molar-refractivity contribution in [1.29, 1.82) is 0 Å². The van der Waals surface area contributed by atoms with Crippen LogP contribution in [0.2, 0.25) is 0 Å². The van der Waals surface area contributed by atoms with Crippen molar-refractivity contribution in [1.82, 2.24) is 0 Å². The van der Waals surface area contributed by atoms with Gasteiger partial charge in [0.1, 0.15) is 6.04 Å². The van der Waals surface area contributed by atoms with Crippen LogP contribution in [0.5, 0.6) is 0 Å². The van der Waals surface area contributed by atoms with E-state index in [2.05, 4.69) is 17.2 Å². The number of para-hydroxylation sites is 3. The Balaban J connectivity index is 1.81. The highest BCUT2D eigenvalue weighted by Crippen LogP contribution is 2.33. The zero-order chi connectivity index (χ0) is 17.8. The van der Waals surface area contributed by atoms with Crippen molar-refractivity contribution in [2.24, 2.45) is 0 Å². The van der Waals surface area contributed by atoms with Gasteiger partial charge in [-0.2, -0.15) is 0 Å². The maximum atomic E-state index is 12.6. The molecule has 2 N–H and O–H groups in total. The summed E-state index contributed by atoms with van der Waals surface area (Å²) in [6, 6.07) is 16.3. The summed E-state index contributed by atoms with van der Waals surface area (Å²) in [5.74, 6) is -0.374. The van der Waals surface area contributed by atoms with Crippen LogP contribution in [-0.4, -0.2) is 24.4 Å². The smallest absolute Gasteiger partial charge is 0.247 e. The molecule has 128 valence electrons. The van der Waals surface area contributed by atoms with Gasteiger partial charge in [-0.25, -0.2) is 0 Å². The standard InChI is InChI=1S/C20H21N3O2/c1-14(2)13-23-17-11-7-6-10-16(17)22-20(25)18(23)12-19(24)21-15-8-4-3-5-9-15/h3-11,18H,1,12-13H2,2H3,(H,21,24)(H,22,25)/t18-/m1/s1. The van der Waals surface area contributed by atoms with E-state index in [9.17, 15) is 9.59 Å². The van der Waals surface area contributed by atoms with E-state index in [1.807, 2.05) is 66.4 Å². The number of benzene rings is 2. The second-order valence-corrected chi connectivity index (χ2v) is 6.23. The molecular weight excluding hydrogens is 314 g/mol. The highest BCUT2D eigenvalue weighted by Gasteiger charge is 2.34. The lowest BCUT2D eigenvalue weighted by atomic mass is 10.0. The molecule has 0 spiro atoms. The lowest BCUT2D eigenvalue weighted by molar-refractivity contribution is -0.122. The fourth-order valence-corrected chi connectivity index (χ4v) is 2.95. The van der Waals surface area contributed by atoms with Gasteiger partial charge in [0.15, 0.2) is 0 Å². The molecule has 5 nitrogen and oxygen atoms in total. The first-order valence-corrected chi connectivity index (χ1v) is 8.20. The average Bonchev–Trinajstić information content (AvgIpc) is 2.58. The van der Waals surface area contributed by atoms with Crippen molar-refractivity contribution < 1.29 is 9.59 Å². The number of hydrogen-bond acceptors (Lipinski definition) is 3. The fourth-order valence-electron chi connectivity index (χ4n) is 2.95. The summed E-state index contributed by atoms with van der Waals surface area (Å²) in [5.41, 5.74) is 3.31. The van der Waals surface area contributed by atoms with Gasteiger partial charge >= 0.3 is 0 Å². The summed E-state index contributed by atoms with van der Waals surface area (Å²) >= 11 is 0. The Kier molecular flexibility index (Phi) is 4.84. The summed E-state index contributed by atoms with van der Waals surface area (Å²) in [4.78, 5) is 26.9. The molecule has 0 radical (unpaired) electrons. The Morgan fingerprint density at radius 2 is 1.84 bits per heavy atom. The van der Waals surface area contributed by atoms with Gasteiger partial charge in [0.25, 0.3) is 0 Å². The molecule has 0 bridgehead atoms. The van der Waals surface area contributed by atoms with Gasteiger partial charge in [-0.1, -0.05) is 42.5 Å². The monoisotopic (exact) mass is 335 g/mol. The average molecular weight is 335 g/mol. The molecule has 25 heavy (non-hydrogen) atoms. The number of carbonyl (C=O) groups excluding carboxylic acids is 2. The van der Waals surface area contributed by atoms with E-state index in [1.165, 1.54) is 0 Å². The molecule has 1 aliphatic rings. The Morgan fingerprint density at radius 3 is 2.56 bits per heavy atom. The van der Waals surface area contributed by atoms with Crippen LogP contribution >= 0.6 is 0 Å². The second kappa shape index (κ2) is 7.21. The molecule has 2 amide bonds. The lowest BCUT2D eigenvalue weighted by Crippen LogP contribution is -2.50. The van der Waals surface area contributed by atoms with Crippen molar-refractivity contribution in [3.8, 4) is 0 Å². The SMILES string of the molecule is C=C(C)CN1c2ccccc2NC(=O)[C@H]1CC(=O)Nc1ccccc1. The molecule has 1 atom stereocenters. The predicted molar refractivity (Wildman–Crippen MR) is 101 cm³/mol. The number of anilines is 3. The number of fused-ring (bicyclic) bond motifs is 1. The van der Waals surface area contributed by atoms with Crippen molar-refractivity contribution in [3.63, 3.8) is 0 Å². The van der Waals surface area contributed by atoms with Crippen molar-refractivity contribution >= 4 is 28.9 Å². The third kappa shape index (κ3) is 3.88. The second-order valence-electron chi connectivity index (χ2n) is 6.23. The van der Waals surface area contributed by atoms with Gasteiger partial charge in [-0.3, -0.25) is 9.59 Å². The molecule has 3 rings (SSSR count). The molecule has 0 fully saturated rings. The Labute approximate surface area is 147 Å². The largest absolute Gasteiger partial charge is 0.353 e. The van der Waals surface area contributed by atoms with E-state index in [1.54, 1.807) is 0 Å². The molecule has 0 unspecified atom stereocenters. The Bertz CT molecular complexity index is 802. The van der Waals surface area contributed by atoms with Gasteiger partial charge in [0, 0.05) is 12.2 Å². The van der Waals surface area contributed by atoms with Crippen LogP contribution in [-0.2, 0) is 9.59 Å². The number of rotatable bonds is 5. The Hall–Kier alpha value is -3.08. The van der Waals surface area contributed by atoms with E-state index in [4.69, 9.17) is 0 Å². The maximum Gasteiger partial charge on any atom is 0.247 e. The predicted octanol–water partition coefficient (Wildman–Crippen LogP) is 3.42. The van der Waals surface area contributed by atoms with Crippen molar-refractivity contribution in [2.45, 2.75) is 19.4 Å². The van der Waals surface area contributed by atoms with Crippen LogP contribution in [0, 0.1) is 0 Å². The first kappa shape index (κ1) is 16.8. The highest BCUT2D eigenvalue weighted by molar-refractivity contribution is 6.06. The van der Waals surface area contributed by atoms with Crippen LogP contribution in [0.3, 0.4) is 0 Å². The van der Waals surface area contributed by atoms with Crippen LogP contribution in [0.4, 0.5) is 17.1 Å². The minimum atomic E-state index is -0.574. The van der Waals surface area contributed by atoms with Gasteiger partial charge < -0.3 is 15.5 Å². The number of nitrogens with one attached hydrogen (secondary N) is 2. The zero-order valence-corrected chi connectivity index (χ0v) is 14.2. The van der Waals surface area contributed by atoms with Gasteiger partial charge in [-0.05, 0) is 31.2 Å². The Morgan fingerprint density at radius 1 is 1.16 bits per heavy atom. The normalized spacial score (nSPS) is 16.0. The minimum Gasteiger partial charge on any atom is -0.353 e. The summed E-state index contributed by atoms with van der Waals surface area (Å²) < 4.78 is 0. The molecule has 0 saturated carbocycles. The third-order valence-corrected chi connectivity index (χ3v) is 4.03. The zero-order valence-electron chi connectivity index (χ0n) is 14.2. The molecular formula is C20H21N3O2. The van der Waals surface area contributed by atoms with Crippen molar-refractivity contribution in [2.75, 3.05) is 22.1 Å². The lowest BCUT2D eigenvalue weighted by Gasteiger charge is -2.38. The van der Waals surface area contributed by atoms with E-state index in [-0.39, 0.29) is 18.2 Å². The van der Waals surface area contributed by atoms with Gasteiger partial charge in [-0.15, -0.1) is 0 Å². The molecule has 0 saturated heterocycles. The fraction of sp³-hybridized carbons (Fsp3) is 0.200. The number of hydrogen-bond donors (Lipinski definition) is 2. The molecule has 2 aromatic carbocycles. The van der Waals surface area contributed by atoms with E-state index in [0.29, 0.717) is 6.54 Å². The van der Waals surface area contributed by atoms with Crippen LogP contribution in [0.25, 0.3) is 0 Å². The molecule has 2 aromatic rings. The topological polar surface area (TPSA) is 61.4 Å². The molecule has 1 heterocycles. The molecule has 0 aromatic heterocycles. The quantitative estimate of drug-likeness (QED) is 0.823. The highest BCUT2D eigenvalue weighted by atomic mass is 16.2. The molecule has 0 aliphatic carbocycles. The summed E-state index contributed by atoms with van der Waals surface area (Å²) in [6.07, 6.45) is 0.0718. The molecule has 5 heteroatoms. The first-order chi connectivity index (χ1) is 12.0. The summed E-state index contributed by atoms with van der Waals surface area (Å²) in [6.45, 7) is 6.39. The third-order valence-electron chi connectivity index (χ3n) is 4.03. The van der Waals surface area contributed by atoms with E-state index >= 15 is 0 Å². The maximum absolute atomic E-state index is 12.6. The van der Waals surface area contributed by atoms with Gasteiger partial charge in [0.05, 0.1) is 17.8 Å². The number of nitrogens with zero attached hydrogens (tertiary/aromatic N) is 1. The number of amides is 2.